The highest BCUT2D eigenvalue weighted by Gasteiger charge is 2.15. The Morgan fingerprint density at radius 3 is 2.50 bits per heavy atom. The molecule has 1 aromatic rings. The molecule has 0 aromatic carbocycles. The zero-order valence-corrected chi connectivity index (χ0v) is 11.7. The van der Waals surface area contributed by atoms with Gasteiger partial charge in [0.25, 0.3) is 0 Å². The van der Waals surface area contributed by atoms with E-state index in [1.165, 1.54) is 11.3 Å². The van der Waals surface area contributed by atoms with Gasteiger partial charge < -0.3 is 0 Å². The van der Waals surface area contributed by atoms with Gasteiger partial charge in [0.2, 0.25) is 0 Å². The van der Waals surface area contributed by atoms with Crippen molar-refractivity contribution in [2.45, 2.75) is 11.8 Å². The van der Waals surface area contributed by atoms with E-state index in [2.05, 4.69) is 47.8 Å². The fourth-order valence-electron chi connectivity index (χ4n) is 0.664. The molecule has 5 heteroatoms. The Morgan fingerprint density at radius 2 is 2.17 bits per heavy atom. The summed E-state index contributed by atoms with van der Waals surface area (Å²) in [6.07, 6.45) is 0. The highest BCUT2D eigenvalue weighted by molar-refractivity contribution is 9.13. The van der Waals surface area contributed by atoms with Crippen molar-refractivity contribution in [2.24, 2.45) is 0 Å². The molecule has 1 unspecified atom stereocenters. The van der Waals surface area contributed by atoms with E-state index in [0.29, 0.717) is 0 Å². The van der Waals surface area contributed by atoms with E-state index in [9.17, 15) is 4.79 Å². The minimum Gasteiger partial charge on any atom is -0.292 e. The first-order chi connectivity index (χ1) is 5.52. The number of thiophene rings is 1. The summed E-state index contributed by atoms with van der Waals surface area (Å²) in [6, 6.07) is 1.83. The Kier molecular flexibility index (Phi) is 3.95. The molecule has 0 bridgehead atoms. The molecule has 1 atom stereocenters. The van der Waals surface area contributed by atoms with E-state index in [4.69, 9.17) is 0 Å². The maximum Gasteiger partial charge on any atom is 0.186 e. The van der Waals surface area contributed by atoms with Crippen LogP contribution in [0.2, 0.25) is 0 Å². The molecule has 0 spiro atoms. The number of halogens is 3. The van der Waals surface area contributed by atoms with Crippen LogP contribution in [0.3, 0.4) is 0 Å². The average Bonchev–Trinajstić information content (AvgIpc) is 2.30. The van der Waals surface area contributed by atoms with Crippen LogP contribution in [0.1, 0.15) is 16.6 Å². The van der Waals surface area contributed by atoms with Gasteiger partial charge in [-0.1, -0.05) is 15.9 Å². The van der Waals surface area contributed by atoms with Gasteiger partial charge in [0.1, 0.15) is 0 Å². The third kappa shape index (κ3) is 2.40. The predicted octanol–water partition coefficient (Wildman–Crippen LogP) is 4.24. The van der Waals surface area contributed by atoms with Crippen molar-refractivity contribution >= 4 is 64.9 Å². The summed E-state index contributed by atoms with van der Waals surface area (Å²) >= 11 is 11.3. The lowest BCUT2D eigenvalue weighted by molar-refractivity contribution is 0.0999. The monoisotopic (exact) mass is 374 g/mol. The molecule has 1 aromatic heterocycles. The van der Waals surface area contributed by atoms with Crippen LogP contribution in [0.4, 0.5) is 0 Å². The van der Waals surface area contributed by atoms with Crippen molar-refractivity contribution in [2.75, 3.05) is 0 Å². The number of Topliss-reactive ketones (excluding diaryl/α,β-unsaturated/α-hetero) is 1. The second-order valence-corrected chi connectivity index (χ2v) is 6.81. The van der Waals surface area contributed by atoms with Crippen molar-refractivity contribution < 1.29 is 4.79 Å². The second kappa shape index (κ2) is 4.35. The van der Waals surface area contributed by atoms with Crippen LogP contribution < -0.4 is 0 Å². The van der Waals surface area contributed by atoms with Crippen molar-refractivity contribution in [3.8, 4) is 0 Å². The molecule has 1 heterocycles. The molecule has 1 rings (SSSR count). The third-order valence-corrected chi connectivity index (χ3v) is 4.94. The molecule has 0 saturated carbocycles. The fraction of sp³-hybridized carbons (Fsp3) is 0.286. The molecule has 0 aliphatic heterocycles. The molecule has 0 radical (unpaired) electrons. The third-order valence-electron chi connectivity index (χ3n) is 1.25. The van der Waals surface area contributed by atoms with Gasteiger partial charge in [-0.25, -0.2) is 0 Å². The molecule has 0 amide bonds. The second-order valence-electron chi connectivity index (χ2n) is 2.21. The van der Waals surface area contributed by atoms with Crippen LogP contribution in [-0.2, 0) is 0 Å². The smallest absolute Gasteiger partial charge is 0.186 e. The van der Waals surface area contributed by atoms with Gasteiger partial charge in [0, 0.05) is 4.47 Å². The maximum atomic E-state index is 11.4. The van der Waals surface area contributed by atoms with Crippen LogP contribution in [0.15, 0.2) is 14.3 Å². The first kappa shape index (κ1) is 10.9. The average molecular weight is 377 g/mol. The Morgan fingerprint density at radius 1 is 1.58 bits per heavy atom. The predicted molar refractivity (Wildman–Crippen MR) is 62.4 cm³/mol. The lowest BCUT2D eigenvalue weighted by atomic mass is 10.3. The Labute approximate surface area is 99.9 Å². The fourth-order valence-corrected chi connectivity index (χ4v) is 3.13. The topological polar surface area (TPSA) is 17.1 Å². The summed E-state index contributed by atoms with van der Waals surface area (Å²) in [5.41, 5.74) is 0. The number of carbonyl (C=O) groups is 1. The number of hydrogen-bond acceptors (Lipinski definition) is 2. The standard InChI is InChI=1S/C7H5Br3OS/c1-3(8)6(11)5-2-4(9)7(10)12-5/h2-3H,1H3. The van der Waals surface area contributed by atoms with E-state index < -0.39 is 0 Å². The molecule has 0 saturated heterocycles. The van der Waals surface area contributed by atoms with Gasteiger partial charge >= 0.3 is 0 Å². The molecule has 0 aliphatic rings. The molecule has 0 N–H and O–H groups in total. The molecule has 12 heavy (non-hydrogen) atoms. The SMILES string of the molecule is CC(Br)C(=O)c1cc(Br)c(Br)s1. The first-order valence-electron chi connectivity index (χ1n) is 3.15. The summed E-state index contributed by atoms with van der Waals surface area (Å²) in [7, 11) is 0. The molecular formula is C7H5Br3OS. The van der Waals surface area contributed by atoms with Crippen LogP contribution in [0.5, 0.6) is 0 Å². The lowest BCUT2D eigenvalue weighted by Crippen LogP contribution is -2.07. The summed E-state index contributed by atoms with van der Waals surface area (Å²) in [4.78, 5) is 12.1. The highest BCUT2D eigenvalue weighted by atomic mass is 79.9. The van der Waals surface area contributed by atoms with Crippen LogP contribution in [0.25, 0.3) is 0 Å². The van der Waals surface area contributed by atoms with Crippen molar-refractivity contribution in [1.29, 1.82) is 0 Å². The number of rotatable bonds is 2. The summed E-state index contributed by atoms with van der Waals surface area (Å²) in [5.74, 6) is 0.117. The largest absolute Gasteiger partial charge is 0.292 e. The quantitative estimate of drug-likeness (QED) is 0.557. The van der Waals surface area contributed by atoms with E-state index in [-0.39, 0.29) is 10.6 Å². The first-order valence-corrected chi connectivity index (χ1v) is 6.47. The molecule has 66 valence electrons. The van der Waals surface area contributed by atoms with E-state index in [1.54, 1.807) is 0 Å². The summed E-state index contributed by atoms with van der Waals surface area (Å²) in [6.45, 7) is 1.82. The minimum absolute atomic E-state index is 0.116. The Hall–Kier alpha value is 0.810. The van der Waals surface area contributed by atoms with Crippen LogP contribution >= 0.6 is 59.1 Å². The van der Waals surface area contributed by atoms with Gasteiger partial charge in [-0.2, -0.15) is 0 Å². The zero-order chi connectivity index (χ0) is 9.30. The van der Waals surface area contributed by atoms with Gasteiger partial charge in [-0.3, -0.25) is 4.79 Å². The molecule has 0 aliphatic carbocycles. The zero-order valence-electron chi connectivity index (χ0n) is 6.11. The molecule has 0 fully saturated rings. The van der Waals surface area contributed by atoms with Gasteiger partial charge in [0.15, 0.2) is 5.78 Å². The van der Waals surface area contributed by atoms with E-state index in [1.807, 2.05) is 13.0 Å². The number of alkyl halides is 1. The van der Waals surface area contributed by atoms with Gasteiger partial charge in [-0.15, -0.1) is 11.3 Å². The van der Waals surface area contributed by atoms with Gasteiger partial charge in [-0.05, 0) is 44.8 Å². The van der Waals surface area contributed by atoms with Crippen molar-refractivity contribution in [3.05, 3.63) is 19.2 Å². The lowest BCUT2D eigenvalue weighted by Gasteiger charge is -1.96. The summed E-state index contributed by atoms with van der Waals surface area (Å²) in [5, 5.41) is 0. The van der Waals surface area contributed by atoms with E-state index >= 15 is 0 Å². The highest BCUT2D eigenvalue weighted by Crippen LogP contribution is 2.33. The number of carbonyl (C=O) groups excluding carboxylic acids is 1. The molecular weight excluding hydrogens is 372 g/mol. The normalized spacial score (nSPS) is 13.0. The minimum atomic E-state index is -0.116. The van der Waals surface area contributed by atoms with Crippen LogP contribution in [0, 0.1) is 0 Å². The Balaban J connectivity index is 2.97. The summed E-state index contributed by atoms with van der Waals surface area (Å²) < 4.78 is 1.89. The van der Waals surface area contributed by atoms with Gasteiger partial charge in [0.05, 0.1) is 13.5 Å². The molecule has 1 nitrogen and oxygen atoms in total. The van der Waals surface area contributed by atoms with Crippen molar-refractivity contribution in [3.63, 3.8) is 0 Å². The van der Waals surface area contributed by atoms with Crippen molar-refractivity contribution in [1.82, 2.24) is 0 Å². The van der Waals surface area contributed by atoms with Crippen LogP contribution in [-0.4, -0.2) is 10.6 Å². The van der Waals surface area contributed by atoms with E-state index in [0.717, 1.165) is 13.1 Å². The Bertz CT molecular complexity index is 286. The maximum absolute atomic E-state index is 11.4. The number of hydrogen-bond donors (Lipinski definition) is 0. The number of ketones is 1.